The molecule has 80 valence electrons. The molecular formula is C13H17NS. The molecule has 0 aromatic heterocycles. The van der Waals surface area contributed by atoms with Crippen LogP contribution in [0.3, 0.4) is 0 Å². The Balaban J connectivity index is 3.42. The molecule has 2 heteroatoms. The highest BCUT2D eigenvalue weighted by atomic mass is 32.1. The molecule has 1 aromatic carbocycles. The number of rotatable bonds is 3. The second-order valence-corrected chi connectivity index (χ2v) is 4.37. The highest BCUT2D eigenvalue weighted by Crippen LogP contribution is 2.27. The van der Waals surface area contributed by atoms with E-state index in [0.29, 0.717) is 0 Å². The lowest BCUT2D eigenvalue weighted by Crippen LogP contribution is -2.12. The van der Waals surface area contributed by atoms with Crippen LogP contribution in [0.4, 0.5) is 5.69 Å². The summed E-state index contributed by atoms with van der Waals surface area (Å²) in [5.41, 5.74) is 4.82. The normalized spacial score (nSPS) is 9.87. The third kappa shape index (κ3) is 2.26. The van der Waals surface area contributed by atoms with Crippen LogP contribution < -0.4 is 4.90 Å². The van der Waals surface area contributed by atoms with Crippen LogP contribution in [0.15, 0.2) is 24.9 Å². The zero-order valence-electron chi connectivity index (χ0n) is 9.79. The predicted octanol–water partition coefficient (Wildman–Crippen LogP) is 3.62. The van der Waals surface area contributed by atoms with E-state index in [4.69, 9.17) is 12.2 Å². The van der Waals surface area contributed by atoms with Crippen molar-refractivity contribution < 1.29 is 0 Å². The molecule has 0 amide bonds. The molecule has 0 heterocycles. The van der Waals surface area contributed by atoms with Crippen LogP contribution in [0.5, 0.6) is 0 Å². The fraction of sp³-hybridized carbons (Fsp3) is 0.308. The Morgan fingerprint density at radius 3 is 2.47 bits per heavy atom. The van der Waals surface area contributed by atoms with Crippen molar-refractivity contribution in [2.45, 2.75) is 20.8 Å². The first-order valence-corrected chi connectivity index (χ1v) is 5.36. The number of benzene rings is 1. The summed E-state index contributed by atoms with van der Waals surface area (Å²) >= 11 is 5.23. The Kier molecular flexibility index (Phi) is 3.64. The fourth-order valence-electron chi connectivity index (χ4n) is 1.85. The number of hydrogen-bond donors (Lipinski definition) is 0. The van der Waals surface area contributed by atoms with Crippen LogP contribution in [0.2, 0.25) is 0 Å². The van der Waals surface area contributed by atoms with Gasteiger partial charge in [0.15, 0.2) is 0 Å². The van der Waals surface area contributed by atoms with E-state index < -0.39 is 0 Å². The van der Waals surface area contributed by atoms with Gasteiger partial charge in [-0.1, -0.05) is 30.9 Å². The highest BCUT2D eigenvalue weighted by molar-refractivity contribution is 7.80. The van der Waals surface area contributed by atoms with E-state index in [-0.39, 0.29) is 0 Å². The van der Waals surface area contributed by atoms with Crippen LogP contribution in [-0.2, 0) is 0 Å². The van der Waals surface area contributed by atoms with Crippen LogP contribution in [-0.4, -0.2) is 11.9 Å². The number of hydrogen-bond acceptors (Lipinski definition) is 2. The monoisotopic (exact) mass is 219 g/mol. The van der Waals surface area contributed by atoms with E-state index in [1.807, 2.05) is 25.1 Å². The SMILES string of the molecule is C=CN(C)c1c(C)ccc(C(C)=S)c1C. The first-order valence-electron chi connectivity index (χ1n) is 4.95. The minimum atomic E-state index is 0.936. The first-order chi connectivity index (χ1) is 6.99. The van der Waals surface area contributed by atoms with Gasteiger partial charge in [0.2, 0.25) is 0 Å². The van der Waals surface area contributed by atoms with Gasteiger partial charge < -0.3 is 4.90 Å². The average Bonchev–Trinajstić information content (AvgIpc) is 2.16. The van der Waals surface area contributed by atoms with E-state index in [9.17, 15) is 0 Å². The molecule has 0 N–H and O–H groups in total. The molecule has 0 fully saturated rings. The second-order valence-electron chi connectivity index (χ2n) is 3.75. The molecule has 0 saturated heterocycles. The van der Waals surface area contributed by atoms with Crippen LogP contribution in [0.25, 0.3) is 0 Å². The quantitative estimate of drug-likeness (QED) is 0.564. The van der Waals surface area contributed by atoms with Gasteiger partial charge in [-0.25, -0.2) is 0 Å². The Labute approximate surface area is 97.4 Å². The van der Waals surface area contributed by atoms with Gasteiger partial charge in [-0.05, 0) is 43.7 Å². The Morgan fingerprint density at radius 2 is 2.00 bits per heavy atom. The van der Waals surface area contributed by atoms with Gasteiger partial charge in [0.25, 0.3) is 0 Å². The maximum atomic E-state index is 5.23. The van der Waals surface area contributed by atoms with Crippen molar-refractivity contribution in [3.05, 3.63) is 41.6 Å². The molecule has 1 aromatic rings. The largest absolute Gasteiger partial charge is 0.351 e. The van der Waals surface area contributed by atoms with Gasteiger partial charge in [-0.2, -0.15) is 0 Å². The molecule has 1 nitrogen and oxygen atoms in total. The van der Waals surface area contributed by atoms with Crippen molar-refractivity contribution in [1.29, 1.82) is 0 Å². The van der Waals surface area contributed by atoms with E-state index in [2.05, 4.69) is 32.6 Å². The first kappa shape index (κ1) is 11.9. The van der Waals surface area contributed by atoms with Gasteiger partial charge in [-0.3, -0.25) is 0 Å². The number of thiocarbonyl (C=S) groups is 1. The summed E-state index contributed by atoms with van der Waals surface area (Å²) in [6, 6.07) is 4.20. The average molecular weight is 219 g/mol. The summed E-state index contributed by atoms with van der Waals surface area (Å²) in [4.78, 5) is 2.97. The lowest BCUT2D eigenvalue weighted by atomic mass is 10.00. The van der Waals surface area contributed by atoms with Crippen LogP contribution in [0, 0.1) is 13.8 Å². The van der Waals surface area contributed by atoms with Gasteiger partial charge in [0, 0.05) is 17.6 Å². The standard InChI is InChI=1S/C13H17NS/c1-6-14(5)13-9(2)7-8-12(10(13)3)11(4)15/h6-8H,1H2,2-5H3. The van der Waals surface area contributed by atoms with Gasteiger partial charge >= 0.3 is 0 Å². The molecule has 1 rings (SSSR count). The van der Waals surface area contributed by atoms with Crippen molar-refractivity contribution in [3.63, 3.8) is 0 Å². The summed E-state index contributed by atoms with van der Waals surface area (Å²) in [6.45, 7) is 9.96. The second kappa shape index (κ2) is 4.58. The minimum absolute atomic E-state index is 0.936. The Bertz CT molecular complexity index is 407. The topological polar surface area (TPSA) is 3.24 Å². The van der Waals surface area contributed by atoms with Crippen molar-refractivity contribution in [2.24, 2.45) is 0 Å². The molecule has 0 aliphatic rings. The van der Waals surface area contributed by atoms with Crippen molar-refractivity contribution >= 4 is 22.8 Å². The zero-order chi connectivity index (χ0) is 11.6. The highest BCUT2D eigenvalue weighted by Gasteiger charge is 2.10. The van der Waals surface area contributed by atoms with E-state index in [1.54, 1.807) is 0 Å². The Morgan fingerprint density at radius 1 is 1.40 bits per heavy atom. The van der Waals surface area contributed by atoms with E-state index >= 15 is 0 Å². The minimum Gasteiger partial charge on any atom is -0.351 e. The Hall–Kier alpha value is -1.15. The van der Waals surface area contributed by atoms with Gasteiger partial charge in [-0.15, -0.1) is 0 Å². The summed E-state index contributed by atoms with van der Waals surface area (Å²) < 4.78 is 0. The fourth-order valence-corrected chi connectivity index (χ4v) is 2.07. The maximum absolute atomic E-state index is 5.23. The van der Waals surface area contributed by atoms with Crippen LogP contribution >= 0.6 is 12.2 Å². The van der Waals surface area contributed by atoms with Crippen molar-refractivity contribution in [3.8, 4) is 0 Å². The molecule has 0 aliphatic heterocycles. The van der Waals surface area contributed by atoms with E-state index in [0.717, 1.165) is 10.4 Å². The molecule has 0 bridgehead atoms. The molecule has 0 unspecified atom stereocenters. The summed E-state index contributed by atoms with van der Waals surface area (Å²) in [7, 11) is 2.00. The third-order valence-electron chi connectivity index (χ3n) is 2.64. The van der Waals surface area contributed by atoms with Crippen molar-refractivity contribution in [1.82, 2.24) is 0 Å². The molecular weight excluding hydrogens is 202 g/mol. The molecule has 0 atom stereocenters. The maximum Gasteiger partial charge on any atom is 0.0469 e. The van der Waals surface area contributed by atoms with Gasteiger partial charge in [0.05, 0.1) is 0 Å². The summed E-state index contributed by atoms with van der Waals surface area (Å²) in [6.07, 6.45) is 1.82. The smallest absolute Gasteiger partial charge is 0.0469 e. The summed E-state index contributed by atoms with van der Waals surface area (Å²) in [5.74, 6) is 0. The van der Waals surface area contributed by atoms with Crippen molar-refractivity contribution in [2.75, 3.05) is 11.9 Å². The third-order valence-corrected chi connectivity index (χ3v) is 2.86. The molecule has 0 aliphatic carbocycles. The molecule has 0 saturated carbocycles. The summed E-state index contributed by atoms with van der Waals surface area (Å²) in [5, 5.41) is 0. The predicted molar refractivity (Wildman–Crippen MR) is 71.9 cm³/mol. The van der Waals surface area contributed by atoms with E-state index in [1.165, 1.54) is 16.8 Å². The molecule has 0 radical (unpaired) electrons. The number of anilines is 1. The molecule has 0 spiro atoms. The van der Waals surface area contributed by atoms with Gasteiger partial charge in [0.1, 0.15) is 0 Å². The lowest BCUT2D eigenvalue weighted by molar-refractivity contribution is 1.16. The zero-order valence-corrected chi connectivity index (χ0v) is 10.6. The number of nitrogens with zero attached hydrogens (tertiary/aromatic N) is 1. The number of aryl methyl sites for hydroxylation is 1. The molecule has 15 heavy (non-hydrogen) atoms. The lowest BCUT2D eigenvalue weighted by Gasteiger charge is -2.21. The van der Waals surface area contributed by atoms with Crippen LogP contribution in [0.1, 0.15) is 23.6 Å².